The van der Waals surface area contributed by atoms with Gasteiger partial charge in [0, 0.05) is 24.2 Å². The number of hydrogen-bond donors (Lipinski definition) is 0. The number of ether oxygens (including phenoxy) is 1. The zero-order chi connectivity index (χ0) is 26.5. The van der Waals surface area contributed by atoms with Crippen LogP contribution in [0, 0.1) is 29.1 Å². The van der Waals surface area contributed by atoms with Crippen molar-refractivity contribution in [2.24, 2.45) is 29.1 Å². The molecule has 5 saturated carbocycles. The second kappa shape index (κ2) is 13.2. The van der Waals surface area contributed by atoms with Crippen LogP contribution in [0.5, 0.6) is 0 Å². The Labute approximate surface area is 234 Å². The highest BCUT2D eigenvalue weighted by Crippen LogP contribution is 2.57. The summed E-state index contributed by atoms with van der Waals surface area (Å²) in [5.74, 6) is 3.42. The Morgan fingerprint density at radius 3 is 1.53 bits per heavy atom. The molecule has 0 aromatic heterocycles. The predicted molar refractivity (Wildman–Crippen MR) is 158 cm³/mol. The Morgan fingerprint density at radius 1 is 0.658 bits per heavy atom. The van der Waals surface area contributed by atoms with Gasteiger partial charge in [0.05, 0.1) is 0 Å². The molecule has 0 aromatic rings. The van der Waals surface area contributed by atoms with Crippen LogP contribution < -0.4 is 0 Å². The lowest BCUT2D eigenvalue weighted by atomic mass is 9.53. The van der Waals surface area contributed by atoms with Gasteiger partial charge in [-0.25, -0.2) is 4.79 Å². The first-order valence-electron chi connectivity index (χ1n) is 17.1. The molecule has 5 aliphatic rings. The Morgan fingerprint density at radius 2 is 1.08 bits per heavy atom. The van der Waals surface area contributed by atoms with Crippen molar-refractivity contribution in [3.05, 3.63) is 12.7 Å². The van der Waals surface area contributed by atoms with Crippen LogP contribution in [-0.2, 0) is 9.53 Å². The van der Waals surface area contributed by atoms with Crippen molar-refractivity contribution in [2.45, 2.75) is 173 Å². The van der Waals surface area contributed by atoms with Gasteiger partial charge in [-0.05, 0) is 145 Å². The molecule has 0 aromatic carbocycles. The highest BCUT2D eigenvalue weighted by molar-refractivity contribution is 5.81. The predicted octanol–water partition coefficient (Wildman–Crippen LogP) is 9.24. The molecule has 3 heteroatoms. The molecule has 0 spiro atoms. The highest BCUT2D eigenvalue weighted by Gasteiger charge is 2.48. The van der Waals surface area contributed by atoms with Crippen molar-refractivity contribution in [1.29, 1.82) is 0 Å². The molecule has 5 fully saturated rings. The molecule has 0 aliphatic heterocycles. The van der Waals surface area contributed by atoms with E-state index in [1.807, 2.05) is 0 Å². The van der Waals surface area contributed by atoms with Gasteiger partial charge < -0.3 is 4.74 Å². The minimum Gasteiger partial charge on any atom is -0.459 e. The third-order valence-electron chi connectivity index (χ3n) is 12.5. The zero-order valence-corrected chi connectivity index (χ0v) is 25.0. The number of carbonyl (C=O) groups is 1. The van der Waals surface area contributed by atoms with Gasteiger partial charge >= 0.3 is 5.97 Å². The van der Waals surface area contributed by atoms with Gasteiger partial charge in [0.1, 0.15) is 6.10 Å². The number of esters is 1. The van der Waals surface area contributed by atoms with E-state index in [-0.39, 0.29) is 12.1 Å². The summed E-state index contributed by atoms with van der Waals surface area (Å²) in [5, 5.41) is 0. The molecule has 0 N–H and O–H groups in total. The Bertz CT molecular complexity index is 718. The number of hydrogen-bond acceptors (Lipinski definition) is 3. The fraction of sp³-hybridized carbons (Fsp3) is 0.914. The second-order valence-corrected chi connectivity index (χ2v) is 14.7. The quantitative estimate of drug-likeness (QED) is 0.245. The lowest BCUT2D eigenvalue weighted by Gasteiger charge is -2.55. The van der Waals surface area contributed by atoms with Crippen LogP contribution in [0.15, 0.2) is 12.7 Å². The normalized spacial score (nSPS) is 40.4. The fourth-order valence-electron chi connectivity index (χ4n) is 10.3. The summed E-state index contributed by atoms with van der Waals surface area (Å²) in [7, 11) is 0. The van der Waals surface area contributed by atoms with Gasteiger partial charge in [-0.2, -0.15) is 0 Å². The molecule has 5 aliphatic carbocycles. The number of carbonyl (C=O) groups excluding carboxylic acids is 1. The molecular formula is C35H59NO2. The van der Waals surface area contributed by atoms with Gasteiger partial charge in [-0.15, -0.1) is 0 Å². The average molecular weight is 526 g/mol. The van der Waals surface area contributed by atoms with Crippen LogP contribution in [0.1, 0.15) is 149 Å². The molecule has 0 heterocycles. The van der Waals surface area contributed by atoms with E-state index in [0.29, 0.717) is 5.41 Å². The molecular weight excluding hydrogens is 466 g/mol. The van der Waals surface area contributed by atoms with Gasteiger partial charge in [0.25, 0.3) is 0 Å². The molecule has 3 nitrogen and oxygen atoms in total. The minimum atomic E-state index is -0.233. The van der Waals surface area contributed by atoms with Crippen molar-refractivity contribution in [3.8, 4) is 0 Å². The number of rotatable bonds is 7. The Balaban J connectivity index is 1.24. The van der Waals surface area contributed by atoms with Crippen molar-refractivity contribution < 1.29 is 9.53 Å². The Hall–Kier alpha value is -0.830. The summed E-state index contributed by atoms with van der Waals surface area (Å²) in [6.07, 6.45) is 30.9. The summed E-state index contributed by atoms with van der Waals surface area (Å²) < 4.78 is 5.66. The molecule has 0 unspecified atom stereocenters. The lowest BCUT2D eigenvalue weighted by Crippen LogP contribution is -2.53. The standard InChI is InChI=1S/C35H59NO2/c1-4-34(37)38-33-22-14-29(15-23-33)35(24-6-5-7-25-35)28-12-20-32(21-13-28)36(30-16-8-26(2)9-17-30)31-18-10-27(3)11-19-31/h4,26-33H,1,5-25H2,2-3H3. The highest BCUT2D eigenvalue weighted by atomic mass is 16.5. The fourth-order valence-corrected chi connectivity index (χ4v) is 10.3. The van der Waals surface area contributed by atoms with E-state index in [2.05, 4.69) is 25.3 Å². The van der Waals surface area contributed by atoms with Crippen molar-refractivity contribution in [2.75, 3.05) is 0 Å². The molecule has 0 bridgehead atoms. The minimum absolute atomic E-state index is 0.123. The molecule has 0 amide bonds. The largest absolute Gasteiger partial charge is 0.459 e. The zero-order valence-electron chi connectivity index (χ0n) is 25.0. The van der Waals surface area contributed by atoms with Crippen molar-refractivity contribution >= 4 is 5.97 Å². The second-order valence-electron chi connectivity index (χ2n) is 14.7. The first kappa shape index (κ1) is 28.7. The number of nitrogens with zero attached hydrogens (tertiary/aromatic N) is 1. The molecule has 38 heavy (non-hydrogen) atoms. The first-order valence-corrected chi connectivity index (χ1v) is 17.1. The average Bonchev–Trinajstić information content (AvgIpc) is 2.96. The van der Waals surface area contributed by atoms with Gasteiger partial charge in [-0.1, -0.05) is 39.7 Å². The monoisotopic (exact) mass is 525 g/mol. The van der Waals surface area contributed by atoms with Crippen molar-refractivity contribution in [3.63, 3.8) is 0 Å². The van der Waals surface area contributed by atoms with Gasteiger partial charge in [0.2, 0.25) is 0 Å². The Kier molecular flexibility index (Phi) is 9.98. The maximum absolute atomic E-state index is 11.8. The van der Waals surface area contributed by atoms with Crippen LogP contribution >= 0.6 is 0 Å². The molecule has 0 atom stereocenters. The van der Waals surface area contributed by atoms with Crippen LogP contribution in [0.25, 0.3) is 0 Å². The molecule has 0 radical (unpaired) electrons. The van der Waals surface area contributed by atoms with Crippen LogP contribution in [0.4, 0.5) is 0 Å². The summed E-state index contributed by atoms with van der Waals surface area (Å²) in [5.41, 5.74) is 0.571. The van der Waals surface area contributed by atoms with E-state index in [4.69, 9.17) is 4.74 Å². The third kappa shape index (κ3) is 6.55. The topological polar surface area (TPSA) is 29.5 Å². The maximum Gasteiger partial charge on any atom is 0.330 e. The van der Waals surface area contributed by atoms with Crippen LogP contribution in [-0.4, -0.2) is 35.1 Å². The van der Waals surface area contributed by atoms with Gasteiger partial charge in [-0.3, -0.25) is 4.90 Å². The van der Waals surface area contributed by atoms with E-state index in [0.717, 1.165) is 54.6 Å². The van der Waals surface area contributed by atoms with E-state index in [9.17, 15) is 4.79 Å². The molecule has 216 valence electrons. The molecule has 5 rings (SSSR count). The smallest absolute Gasteiger partial charge is 0.330 e. The third-order valence-corrected chi connectivity index (χ3v) is 12.5. The van der Waals surface area contributed by atoms with E-state index in [1.165, 1.54) is 128 Å². The molecule has 0 saturated heterocycles. The summed E-state index contributed by atoms with van der Waals surface area (Å²) >= 11 is 0. The summed E-state index contributed by atoms with van der Waals surface area (Å²) in [4.78, 5) is 14.9. The first-order chi connectivity index (χ1) is 18.5. The van der Waals surface area contributed by atoms with Crippen LogP contribution in [0.2, 0.25) is 0 Å². The van der Waals surface area contributed by atoms with Gasteiger partial charge in [0.15, 0.2) is 0 Å². The summed E-state index contributed by atoms with van der Waals surface area (Å²) in [6.45, 7) is 8.55. The summed E-state index contributed by atoms with van der Waals surface area (Å²) in [6, 6.07) is 2.57. The van der Waals surface area contributed by atoms with Crippen molar-refractivity contribution in [1.82, 2.24) is 4.90 Å². The van der Waals surface area contributed by atoms with Crippen LogP contribution in [0.3, 0.4) is 0 Å². The lowest BCUT2D eigenvalue weighted by molar-refractivity contribution is -0.146. The van der Waals surface area contributed by atoms with E-state index < -0.39 is 0 Å². The van der Waals surface area contributed by atoms with E-state index >= 15 is 0 Å². The van der Waals surface area contributed by atoms with E-state index in [1.54, 1.807) is 0 Å². The SMILES string of the molecule is C=CC(=O)OC1CCC(C2(C3CCC(N(C4CCC(C)CC4)C4CCC(C)CC4)CC3)CCCCC2)CC1. The maximum atomic E-state index is 11.8.